The van der Waals surface area contributed by atoms with E-state index in [2.05, 4.69) is 4.99 Å². The zero-order valence-electron chi connectivity index (χ0n) is 17.9. The van der Waals surface area contributed by atoms with Gasteiger partial charge in [0.1, 0.15) is 6.54 Å². The first-order valence-corrected chi connectivity index (χ1v) is 10.6. The maximum atomic E-state index is 12.7. The maximum absolute atomic E-state index is 12.7. The second-order valence-electron chi connectivity index (χ2n) is 7.06. The highest BCUT2D eigenvalue weighted by molar-refractivity contribution is 7.16. The second-order valence-corrected chi connectivity index (χ2v) is 8.07. The van der Waals surface area contributed by atoms with E-state index in [1.54, 1.807) is 29.7 Å². The molecule has 0 aliphatic heterocycles. The largest absolute Gasteiger partial charge is 0.468 e. The van der Waals surface area contributed by atoms with Crippen molar-refractivity contribution in [2.75, 3.05) is 13.7 Å². The number of ether oxygens (including phenoxy) is 2. The SMILES string of the molecule is CCOC(=O)c1ccc2c(c1)sc(=NC(=O)Cc1ccc(C)cc1C)n2CC(=O)OC. The minimum atomic E-state index is -0.461. The molecule has 8 heteroatoms. The van der Waals surface area contributed by atoms with Gasteiger partial charge in [0.05, 0.1) is 35.9 Å². The van der Waals surface area contributed by atoms with Crippen LogP contribution < -0.4 is 4.80 Å². The van der Waals surface area contributed by atoms with Gasteiger partial charge in [-0.3, -0.25) is 9.59 Å². The summed E-state index contributed by atoms with van der Waals surface area (Å²) in [4.78, 5) is 41.4. The Labute approximate surface area is 183 Å². The Morgan fingerprint density at radius 1 is 1.10 bits per heavy atom. The molecule has 3 rings (SSSR count). The van der Waals surface area contributed by atoms with E-state index in [0.29, 0.717) is 20.6 Å². The molecule has 3 aromatic rings. The van der Waals surface area contributed by atoms with E-state index in [1.807, 2.05) is 32.0 Å². The van der Waals surface area contributed by atoms with Gasteiger partial charge >= 0.3 is 11.9 Å². The number of nitrogens with zero attached hydrogens (tertiary/aromatic N) is 2. The number of aromatic nitrogens is 1. The van der Waals surface area contributed by atoms with Gasteiger partial charge in [0.2, 0.25) is 0 Å². The van der Waals surface area contributed by atoms with Gasteiger partial charge in [-0.05, 0) is 50.1 Å². The van der Waals surface area contributed by atoms with Crippen LogP contribution in [0.1, 0.15) is 34.0 Å². The number of hydrogen-bond acceptors (Lipinski definition) is 6. The summed E-state index contributed by atoms with van der Waals surface area (Å²) < 4.78 is 12.2. The van der Waals surface area contributed by atoms with Crippen LogP contribution in [0.2, 0.25) is 0 Å². The number of carbonyl (C=O) groups is 3. The van der Waals surface area contributed by atoms with Crippen molar-refractivity contribution in [3.05, 3.63) is 63.5 Å². The van der Waals surface area contributed by atoms with Crippen LogP contribution in [0.3, 0.4) is 0 Å². The number of methoxy groups -OCH3 is 1. The topological polar surface area (TPSA) is 87.0 Å². The highest BCUT2D eigenvalue weighted by Gasteiger charge is 2.15. The van der Waals surface area contributed by atoms with Crippen LogP contribution in [0, 0.1) is 13.8 Å². The Morgan fingerprint density at radius 2 is 1.87 bits per heavy atom. The van der Waals surface area contributed by atoms with Crippen LogP contribution in [0.4, 0.5) is 0 Å². The number of benzene rings is 2. The molecule has 0 N–H and O–H groups in total. The molecule has 7 nitrogen and oxygen atoms in total. The molecule has 0 unspecified atom stereocenters. The highest BCUT2D eigenvalue weighted by Crippen LogP contribution is 2.20. The van der Waals surface area contributed by atoms with E-state index in [0.717, 1.165) is 16.7 Å². The number of fused-ring (bicyclic) bond motifs is 1. The minimum Gasteiger partial charge on any atom is -0.468 e. The van der Waals surface area contributed by atoms with Gasteiger partial charge in [-0.15, -0.1) is 0 Å². The van der Waals surface area contributed by atoms with Crippen LogP contribution in [0.25, 0.3) is 10.2 Å². The molecule has 0 aliphatic carbocycles. The normalized spacial score (nSPS) is 11.5. The Hall–Kier alpha value is -3.26. The van der Waals surface area contributed by atoms with Gasteiger partial charge in [0.25, 0.3) is 5.91 Å². The average molecular weight is 441 g/mol. The Kier molecular flexibility index (Phi) is 7.02. The van der Waals surface area contributed by atoms with Crippen molar-refractivity contribution < 1.29 is 23.9 Å². The monoisotopic (exact) mass is 440 g/mol. The molecule has 0 atom stereocenters. The lowest BCUT2D eigenvalue weighted by Gasteiger charge is -2.05. The van der Waals surface area contributed by atoms with Gasteiger partial charge in [-0.25, -0.2) is 4.79 Å². The first-order valence-electron chi connectivity index (χ1n) is 9.83. The van der Waals surface area contributed by atoms with Crippen molar-refractivity contribution in [2.45, 2.75) is 33.7 Å². The van der Waals surface area contributed by atoms with E-state index in [4.69, 9.17) is 9.47 Å². The average Bonchev–Trinajstić information content (AvgIpc) is 3.06. The quantitative estimate of drug-likeness (QED) is 0.549. The third-order valence-corrected chi connectivity index (χ3v) is 5.81. The Morgan fingerprint density at radius 3 is 2.55 bits per heavy atom. The predicted octanol–water partition coefficient (Wildman–Crippen LogP) is 3.34. The molecule has 0 saturated heterocycles. The van der Waals surface area contributed by atoms with Crippen molar-refractivity contribution >= 4 is 39.4 Å². The van der Waals surface area contributed by atoms with E-state index >= 15 is 0 Å². The van der Waals surface area contributed by atoms with Gasteiger partial charge in [0.15, 0.2) is 4.80 Å². The molecule has 0 bridgehead atoms. The van der Waals surface area contributed by atoms with E-state index in [9.17, 15) is 14.4 Å². The summed E-state index contributed by atoms with van der Waals surface area (Å²) in [7, 11) is 1.30. The first-order chi connectivity index (χ1) is 14.8. The minimum absolute atomic E-state index is 0.0923. The molecule has 1 heterocycles. The van der Waals surface area contributed by atoms with Gasteiger partial charge < -0.3 is 14.0 Å². The Bertz CT molecular complexity index is 1220. The lowest BCUT2D eigenvalue weighted by molar-refractivity contribution is -0.141. The zero-order valence-corrected chi connectivity index (χ0v) is 18.7. The molecule has 1 aromatic heterocycles. The Balaban J connectivity index is 2.03. The fourth-order valence-corrected chi connectivity index (χ4v) is 4.29. The number of thiazole rings is 1. The standard InChI is InChI=1S/C23H24N2O5S/c1-5-30-22(28)17-8-9-18-19(11-17)31-23(25(18)13-21(27)29-4)24-20(26)12-16-7-6-14(2)10-15(16)3/h6-11H,5,12-13H2,1-4H3. The second kappa shape index (κ2) is 9.70. The summed E-state index contributed by atoms with van der Waals surface area (Å²) >= 11 is 1.23. The van der Waals surface area contributed by atoms with Crippen LogP contribution in [-0.4, -0.2) is 36.1 Å². The molecule has 1 amide bonds. The number of esters is 2. The molecule has 162 valence electrons. The molecule has 0 spiro atoms. The molecule has 0 aliphatic rings. The predicted molar refractivity (Wildman–Crippen MR) is 118 cm³/mol. The highest BCUT2D eigenvalue weighted by atomic mass is 32.1. The summed E-state index contributed by atoms with van der Waals surface area (Å²) in [6.07, 6.45) is 0.159. The maximum Gasteiger partial charge on any atom is 0.338 e. The summed E-state index contributed by atoms with van der Waals surface area (Å²) in [5.41, 5.74) is 4.14. The molecule has 2 aromatic carbocycles. The van der Waals surface area contributed by atoms with Gasteiger partial charge in [-0.2, -0.15) is 4.99 Å². The van der Waals surface area contributed by atoms with E-state index < -0.39 is 11.9 Å². The molecular formula is C23H24N2O5S. The number of rotatable bonds is 6. The number of carbonyl (C=O) groups excluding carboxylic acids is 3. The van der Waals surface area contributed by atoms with Crippen molar-refractivity contribution in [1.29, 1.82) is 0 Å². The van der Waals surface area contributed by atoms with Gasteiger partial charge in [-0.1, -0.05) is 35.1 Å². The smallest absolute Gasteiger partial charge is 0.338 e. The molecule has 31 heavy (non-hydrogen) atoms. The lowest BCUT2D eigenvalue weighted by Crippen LogP contribution is -2.22. The molecule has 0 saturated carbocycles. The molecule has 0 fully saturated rings. The van der Waals surface area contributed by atoms with Crippen molar-refractivity contribution in [2.24, 2.45) is 4.99 Å². The van der Waals surface area contributed by atoms with Crippen molar-refractivity contribution in [3.63, 3.8) is 0 Å². The molecular weight excluding hydrogens is 416 g/mol. The van der Waals surface area contributed by atoms with Crippen LogP contribution >= 0.6 is 11.3 Å². The number of aryl methyl sites for hydroxylation is 2. The number of amides is 1. The van der Waals surface area contributed by atoms with Gasteiger partial charge in [0, 0.05) is 0 Å². The van der Waals surface area contributed by atoms with E-state index in [1.165, 1.54) is 18.4 Å². The summed E-state index contributed by atoms with van der Waals surface area (Å²) in [6, 6.07) is 10.9. The number of hydrogen-bond donors (Lipinski definition) is 0. The summed E-state index contributed by atoms with van der Waals surface area (Å²) in [5, 5.41) is 0. The lowest BCUT2D eigenvalue weighted by atomic mass is 10.0. The summed E-state index contributed by atoms with van der Waals surface area (Å²) in [5.74, 6) is -1.21. The van der Waals surface area contributed by atoms with Crippen LogP contribution in [0.15, 0.2) is 41.4 Å². The van der Waals surface area contributed by atoms with Crippen LogP contribution in [0.5, 0.6) is 0 Å². The molecule has 0 radical (unpaired) electrons. The zero-order chi connectivity index (χ0) is 22.5. The third-order valence-electron chi connectivity index (χ3n) is 4.77. The summed E-state index contributed by atoms with van der Waals surface area (Å²) in [6.45, 7) is 5.89. The first kappa shape index (κ1) is 22.4. The van der Waals surface area contributed by atoms with E-state index in [-0.39, 0.29) is 25.5 Å². The van der Waals surface area contributed by atoms with Crippen LogP contribution in [-0.2, 0) is 32.0 Å². The fourth-order valence-electron chi connectivity index (χ4n) is 3.20. The van der Waals surface area contributed by atoms with Crippen molar-refractivity contribution in [1.82, 2.24) is 4.57 Å². The fraction of sp³-hybridized carbons (Fsp3) is 0.304. The third kappa shape index (κ3) is 5.27. The van der Waals surface area contributed by atoms with Crippen molar-refractivity contribution in [3.8, 4) is 0 Å².